The standard InChI is InChI=1S/C17H31N3O2/c1-3-16(21)20-7-5-17(6-8-20)14-15(4-13-22-17)19-11-9-18(2)10-12-19/h15H,3-14H2,1-2H3. The van der Waals surface area contributed by atoms with Crippen LogP contribution in [0.3, 0.4) is 0 Å². The molecule has 0 saturated carbocycles. The average Bonchev–Trinajstić information content (AvgIpc) is 2.56. The minimum Gasteiger partial charge on any atom is -0.375 e. The highest BCUT2D eigenvalue weighted by atomic mass is 16.5. The molecule has 0 N–H and O–H groups in total. The van der Waals surface area contributed by atoms with Gasteiger partial charge >= 0.3 is 0 Å². The minimum absolute atomic E-state index is 0.0385. The van der Waals surface area contributed by atoms with Gasteiger partial charge in [-0.3, -0.25) is 9.69 Å². The minimum atomic E-state index is 0.0385. The third kappa shape index (κ3) is 3.47. The van der Waals surface area contributed by atoms with E-state index in [2.05, 4.69) is 16.8 Å². The Bertz CT molecular complexity index is 385. The van der Waals surface area contributed by atoms with Crippen LogP contribution in [0.5, 0.6) is 0 Å². The maximum Gasteiger partial charge on any atom is 0.222 e. The molecule has 1 atom stereocenters. The number of hydrogen-bond donors (Lipinski definition) is 0. The molecule has 3 rings (SSSR count). The molecule has 3 aliphatic heterocycles. The molecule has 5 heteroatoms. The molecule has 0 radical (unpaired) electrons. The van der Waals surface area contributed by atoms with E-state index in [4.69, 9.17) is 4.74 Å². The summed E-state index contributed by atoms with van der Waals surface area (Å²) in [6.07, 6.45) is 4.98. The molecule has 3 heterocycles. The van der Waals surface area contributed by atoms with E-state index in [1.807, 2.05) is 11.8 Å². The lowest BCUT2D eigenvalue weighted by molar-refractivity contribution is -0.149. The maximum absolute atomic E-state index is 11.9. The number of carbonyl (C=O) groups is 1. The van der Waals surface area contributed by atoms with E-state index in [1.165, 1.54) is 32.6 Å². The molecule has 5 nitrogen and oxygen atoms in total. The topological polar surface area (TPSA) is 36.0 Å². The van der Waals surface area contributed by atoms with Crippen LogP contribution in [-0.2, 0) is 9.53 Å². The van der Waals surface area contributed by atoms with Gasteiger partial charge in [-0.15, -0.1) is 0 Å². The van der Waals surface area contributed by atoms with Crippen LogP contribution in [0.4, 0.5) is 0 Å². The molecule has 0 aromatic heterocycles. The number of rotatable bonds is 2. The van der Waals surface area contributed by atoms with Gasteiger partial charge in [0.1, 0.15) is 0 Å². The second kappa shape index (κ2) is 6.85. The van der Waals surface area contributed by atoms with Crippen molar-refractivity contribution in [3.05, 3.63) is 0 Å². The Hall–Kier alpha value is -0.650. The van der Waals surface area contributed by atoms with Gasteiger partial charge in [0.25, 0.3) is 0 Å². The van der Waals surface area contributed by atoms with Crippen molar-refractivity contribution in [2.24, 2.45) is 0 Å². The Labute approximate surface area is 134 Å². The maximum atomic E-state index is 11.9. The first-order chi connectivity index (χ1) is 10.6. The van der Waals surface area contributed by atoms with Crippen molar-refractivity contribution in [2.45, 2.75) is 50.7 Å². The van der Waals surface area contributed by atoms with Crippen molar-refractivity contribution in [3.8, 4) is 0 Å². The number of piperidine rings is 1. The van der Waals surface area contributed by atoms with Crippen molar-refractivity contribution in [1.29, 1.82) is 0 Å². The molecular formula is C17H31N3O2. The smallest absolute Gasteiger partial charge is 0.222 e. The van der Waals surface area contributed by atoms with Gasteiger partial charge in [-0.25, -0.2) is 0 Å². The van der Waals surface area contributed by atoms with Gasteiger partial charge in [-0.2, -0.15) is 0 Å². The predicted molar refractivity (Wildman–Crippen MR) is 86.9 cm³/mol. The highest BCUT2D eigenvalue weighted by molar-refractivity contribution is 5.75. The van der Waals surface area contributed by atoms with Gasteiger partial charge in [-0.1, -0.05) is 6.92 Å². The van der Waals surface area contributed by atoms with Crippen LogP contribution in [-0.4, -0.2) is 85.2 Å². The third-order valence-corrected chi connectivity index (χ3v) is 5.85. The molecule has 22 heavy (non-hydrogen) atoms. The monoisotopic (exact) mass is 309 g/mol. The fourth-order valence-corrected chi connectivity index (χ4v) is 4.24. The largest absolute Gasteiger partial charge is 0.375 e. The lowest BCUT2D eigenvalue weighted by Gasteiger charge is -2.49. The summed E-state index contributed by atoms with van der Waals surface area (Å²) in [4.78, 5) is 19.0. The van der Waals surface area contributed by atoms with Crippen LogP contribution in [0.15, 0.2) is 0 Å². The summed E-state index contributed by atoms with van der Waals surface area (Å²) >= 11 is 0. The Morgan fingerprint density at radius 2 is 1.82 bits per heavy atom. The third-order valence-electron chi connectivity index (χ3n) is 5.85. The molecule has 1 amide bonds. The first-order valence-electron chi connectivity index (χ1n) is 8.96. The van der Waals surface area contributed by atoms with Crippen LogP contribution in [0.2, 0.25) is 0 Å². The summed E-state index contributed by atoms with van der Waals surface area (Å²) < 4.78 is 6.24. The van der Waals surface area contributed by atoms with Crippen LogP contribution >= 0.6 is 0 Å². The fourth-order valence-electron chi connectivity index (χ4n) is 4.24. The molecule has 0 aromatic rings. The van der Waals surface area contributed by atoms with E-state index in [1.54, 1.807) is 0 Å². The van der Waals surface area contributed by atoms with Crippen molar-refractivity contribution in [3.63, 3.8) is 0 Å². The zero-order valence-corrected chi connectivity index (χ0v) is 14.2. The second-order valence-corrected chi connectivity index (χ2v) is 7.25. The van der Waals surface area contributed by atoms with Gasteiger partial charge in [0, 0.05) is 58.3 Å². The quantitative estimate of drug-likeness (QED) is 0.767. The van der Waals surface area contributed by atoms with Gasteiger partial charge in [-0.05, 0) is 32.7 Å². The Morgan fingerprint density at radius 1 is 1.14 bits per heavy atom. The zero-order chi connectivity index (χ0) is 15.6. The molecule has 0 aliphatic carbocycles. The fraction of sp³-hybridized carbons (Fsp3) is 0.941. The first kappa shape index (κ1) is 16.2. The highest BCUT2D eigenvalue weighted by Gasteiger charge is 2.42. The van der Waals surface area contributed by atoms with E-state index < -0.39 is 0 Å². The highest BCUT2D eigenvalue weighted by Crippen LogP contribution is 2.37. The van der Waals surface area contributed by atoms with E-state index in [0.29, 0.717) is 18.4 Å². The van der Waals surface area contributed by atoms with Gasteiger partial charge < -0.3 is 14.5 Å². The molecule has 0 aromatic carbocycles. The van der Waals surface area contributed by atoms with Crippen molar-refractivity contribution < 1.29 is 9.53 Å². The van der Waals surface area contributed by atoms with Gasteiger partial charge in [0.15, 0.2) is 0 Å². The average molecular weight is 309 g/mol. The molecule has 126 valence electrons. The van der Waals surface area contributed by atoms with E-state index >= 15 is 0 Å². The number of ether oxygens (including phenoxy) is 1. The van der Waals surface area contributed by atoms with Gasteiger partial charge in [0.2, 0.25) is 5.91 Å². The number of nitrogens with zero attached hydrogens (tertiary/aromatic N) is 3. The molecule has 3 fully saturated rings. The number of likely N-dealkylation sites (tertiary alicyclic amines) is 1. The van der Waals surface area contributed by atoms with Crippen molar-refractivity contribution >= 4 is 5.91 Å². The second-order valence-electron chi connectivity index (χ2n) is 7.25. The number of piperazine rings is 1. The molecular weight excluding hydrogens is 278 g/mol. The normalized spacial score (nSPS) is 30.6. The summed E-state index contributed by atoms with van der Waals surface area (Å²) in [5, 5.41) is 0. The van der Waals surface area contributed by atoms with Crippen LogP contribution in [0, 0.1) is 0 Å². The number of likely N-dealkylation sites (N-methyl/N-ethyl adjacent to an activating group) is 1. The van der Waals surface area contributed by atoms with Crippen LogP contribution in [0.25, 0.3) is 0 Å². The lowest BCUT2D eigenvalue weighted by Crippen LogP contribution is -2.57. The van der Waals surface area contributed by atoms with Crippen LogP contribution < -0.4 is 0 Å². The number of hydrogen-bond acceptors (Lipinski definition) is 4. The molecule has 1 spiro atoms. The van der Waals surface area contributed by atoms with E-state index in [-0.39, 0.29) is 5.60 Å². The molecule has 0 bridgehead atoms. The van der Waals surface area contributed by atoms with E-state index in [9.17, 15) is 4.79 Å². The summed E-state index contributed by atoms with van der Waals surface area (Å²) in [5.74, 6) is 0.293. The first-order valence-corrected chi connectivity index (χ1v) is 8.96. The molecule has 3 saturated heterocycles. The SMILES string of the molecule is CCC(=O)N1CCC2(CC1)CC(N1CCN(C)CC1)CCO2. The Balaban J connectivity index is 1.55. The van der Waals surface area contributed by atoms with Crippen molar-refractivity contribution in [1.82, 2.24) is 14.7 Å². The lowest BCUT2D eigenvalue weighted by atomic mass is 9.81. The summed E-state index contributed by atoms with van der Waals surface area (Å²) in [6, 6.07) is 0.677. The number of carbonyl (C=O) groups excluding carboxylic acids is 1. The zero-order valence-electron chi connectivity index (χ0n) is 14.2. The molecule has 3 aliphatic rings. The number of amides is 1. The molecule has 1 unspecified atom stereocenters. The summed E-state index contributed by atoms with van der Waals surface area (Å²) in [6.45, 7) is 9.35. The van der Waals surface area contributed by atoms with Crippen molar-refractivity contribution in [2.75, 3.05) is 52.9 Å². The summed E-state index contributed by atoms with van der Waals surface area (Å²) in [7, 11) is 2.21. The predicted octanol–water partition coefficient (Wildman–Crippen LogP) is 1.18. The van der Waals surface area contributed by atoms with Crippen LogP contribution in [0.1, 0.15) is 39.0 Å². The Morgan fingerprint density at radius 3 is 2.45 bits per heavy atom. The Kier molecular flexibility index (Phi) is 5.05. The van der Waals surface area contributed by atoms with E-state index in [0.717, 1.165) is 39.0 Å². The summed E-state index contributed by atoms with van der Waals surface area (Å²) in [5.41, 5.74) is 0.0385. The van der Waals surface area contributed by atoms with Gasteiger partial charge in [0.05, 0.1) is 5.60 Å².